The van der Waals surface area contributed by atoms with E-state index in [-0.39, 0.29) is 6.03 Å². The Morgan fingerprint density at radius 2 is 1.88 bits per heavy atom. The van der Waals surface area contributed by atoms with E-state index in [1.165, 1.54) is 0 Å². The highest BCUT2D eigenvalue weighted by Crippen LogP contribution is 2.47. The standard InChI is InChI=1S/C20H19ClN4O/c1-13-10-17(13)18-12-19(25(24-18)16-8-3-2-4-9-16)23-20(26)22-15-7-5-6-14(21)11-15/h2-9,11-13,17H,10H2,1H3,(H2,22,23,26). The largest absolute Gasteiger partial charge is 0.324 e. The molecule has 1 aliphatic carbocycles. The van der Waals surface area contributed by atoms with Gasteiger partial charge in [-0.05, 0) is 42.7 Å². The van der Waals surface area contributed by atoms with Gasteiger partial charge in [-0.25, -0.2) is 9.48 Å². The molecule has 1 saturated carbocycles. The third kappa shape index (κ3) is 3.58. The molecule has 2 atom stereocenters. The van der Waals surface area contributed by atoms with E-state index < -0.39 is 0 Å². The molecule has 2 aromatic carbocycles. The first-order valence-electron chi connectivity index (χ1n) is 8.59. The van der Waals surface area contributed by atoms with Gasteiger partial charge >= 0.3 is 6.03 Å². The number of hydrogen-bond acceptors (Lipinski definition) is 2. The van der Waals surface area contributed by atoms with E-state index in [0.717, 1.165) is 17.8 Å². The monoisotopic (exact) mass is 366 g/mol. The zero-order chi connectivity index (χ0) is 18.1. The summed E-state index contributed by atoms with van der Waals surface area (Å²) >= 11 is 5.97. The fraction of sp³-hybridized carbons (Fsp3) is 0.200. The number of anilines is 2. The van der Waals surface area contributed by atoms with Gasteiger partial charge in [0.2, 0.25) is 0 Å². The van der Waals surface area contributed by atoms with Gasteiger partial charge in [0.25, 0.3) is 0 Å². The first-order valence-corrected chi connectivity index (χ1v) is 8.97. The van der Waals surface area contributed by atoms with Crippen LogP contribution >= 0.6 is 11.6 Å². The number of nitrogens with zero attached hydrogens (tertiary/aromatic N) is 2. The van der Waals surface area contributed by atoms with Crippen LogP contribution in [0, 0.1) is 5.92 Å². The van der Waals surface area contributed by atoms with Gasteiger partial charge in [0, 0.05) is 22.7 Å². The summed E-state index contributed by atoms with van der Waals surface area (Å²) in [4.78, 5) is 12.4. The van der Waals surface area contributed by atoms with Crippen LogP contribution in [0.3, 0.4) is 0 Å². The highest BCUT2D eigenvalue weighted by Gasteiger charge is 2.36. The molecule has 1 aliphatic rings. The van der Waals surface area contributed by atoms with Gasteiger partial charge in [0.15, 0.2) is 0 Å². The molecular formula is C20H19ClN4O. The Bertz CT molecular complexity index is 938. The minimum Gasteiger partial charge on any atom is -0.308 e. The van der Waals surface area contributed by atoms with Gasteiger partial charge in [-0.3, -0.25) is 5.32 Å². The average molecular weight is 367 g/mol. The molecule has 1 aromatic heterocycles. The Hall–Kier alpha value is -2.79. The summed E-state index contributed by atoms with van der Waals surface area (Å²) in [6, 6.07) is 18.5. The van der Waals surface area contributed by atoms with E-state index in [2.05, 4.69) is 17.6 Å². The maximum Gasteiger partial charge on any atom is 0.324 e. The highest BCUT2D eigenvalue weighted by atomic mass is 35.5. The molecule has 2 N–H and O–H groups in total. The quantitative estimate of drug-likeness (QED) is 0.658. The molecule has 1 heterocycles. The number of amides is 2. The Labute approximate surface area is 157 Å². The zero-order valence-electron chi connectivity index (χ0n) is 14.3. The second-order valence-corrected chi connectivity index (χ2v) is 7.05. The van der Waals surface area contributed by atoms with Crippen LogP contribution < -0.4 is 10.6 Å². The SMILES string of the molecule is CC1CC1c1cc(NC(=O)Nc2cccc(Cl)c2)n(-c2ccccc2)n1. The smallest absolute Gasteiger partial charge is 0.308 e. The summed E-state index contributed by atoms with van der Waals surface area (Å²) in [6.07, 6.45) is 1.14. The fourth-order valence-corrected chi connectivity index (χ4v) is 3.21. The molecule has 26 heavy (non-hydrogen) atoms. The van der Waals surface area contributed by atoms with Crippen molar-refractivity contribution >= 4 is 29.1 Å². The van der Waals surface area contributed by atoms with Gasteiger partial charge in [0.05, 0.1) is 11.4 Å². The Kier molecular flexibility index (Phi) is 4.39. The lowest BCUT2D eigenvalue weighted by Crippen LogP contribution is -2.21. The number of hydrogen-bond donors (Lipinski definition) is 2. The van der Waals surface area contributed by atoms with Gasteiger partial charge < -0.3 is 5.32 Å². The van der Waals surface area contributed by atoms with Crippen LogP contribution in [0.4, 0.5) is 16.3 Å². The van der Waals surface area contributed by atoms with Crippen molar-refractivity contribution in [1.82, 2.24) is 9.78 Å². The number of carbonyl (C=O) groups excluding carboxylic acids is 1. The molecule has 3 aromatic rings. The first-order chi connectivity index (χ1) is 12.6. The van der Waals surface area contributed by atoms with Crippen LogP contribution in [0.15, 0.2) is 60.7 Å². The van der Waals surface area contributed by atoms with Crippen molar-refractivity contribution in [3.63, 3.8) is 0 Å². The van der Waals surface area contributed by atoms with Gasteiger partial charge in [-0.1, -0.05) is 42.8 Å². The molecule has 0 radical (unpaired) electrons. The molecule has 6 heteroatoms. The maximum atomic E-state index is 12.4. The Morgan fingerprint density at radius 3 is 2.58 bits per heavy atom. The van der Waals surface area contributed by atoms with E-state index in [1.54, 1.807) is 28.9 Å². The van der Waals surface area contributed by atoms with Crippen LogP contribution in [-0.2, 0) is 0 Å². The number of halogens is 1. The predicted molar refractivity (Wildman–Crippen MR) is 104 cm³/mol. The van der Waals surface area contributed by atoms with Crippen molar-refractivity contribution in [2.24, 2.45) is 5.92 Å². The van der Waals surface area contributed by atoms with Gasteiger partial charge in [-0.2, -0.15) is 5.10 Å². The van der Waals surface area contributed by atoms with E-state index in [0.29, 0.717) is 28.4 Å². The van der Waals surface area contributed by atoms with Gasteiger partial charge in [0.1, 0.15) is 5.82 Å². The molecule has 2 unspecified atom stereocenters. The van der Waals surface area contributed by atoms with Crippen LogP contribution in [0.2, 0.25) is 5.02 Å². The van der Waals surface area contributed by atoms with E-state index in [1.807, 2.05) is 36.4 Å². The second-order valence-electron chi connectivity index (χ2n) is 6.61. The van der Waals surface area contributed by atoms with Crippen molar-refractivity contribution in [1.29, 1.82) is 0 Å². The molecule has 0 bridgehead atoms. The molecule has 1 fully saturated rings. The van der Waals surface area contributed by atoms with Crippen molar-refractivity contribution in [3.8, 4) is 5.69 Å². The minimum atomic E-state index is -0.334. The number of para-hydroxylation sites is 1. The van der Waals surface area contributed by atoms with Crippen LogP contribution in [0.1, 0.15) is 25.0 Å². The molecule has 0 saturated heterocycles. The summed E-state index contributed by atoms with van der Waals surface area (Å²) < 4.78 is 1.78. The Morgan fingerprint density at radius 1 is 1.12 bits per heavy atom. The van der Waals surface area contributed by atoms with Crippen LogP contribution in [-0.4, -0.2) is 15.8 Å². The maximum absolute atomic E-state index is 12.4. The lowest BCUT2D eigenvalue weighted by Gasteiger charge is -2.10. The van der Waals surface area contributed by atoms with Crippen molar-refractivity contribution < 1.29 is 4.79 Å². The molecular weight excluding hydrogens is 348 g/mol. The number of rotatable bonds is 4. The van der Waals surface area contributed by atoms with E-state index >= 15 is 0 Å². The predicted octanol–water partition coefficient (Wildman–Crippen LogP) is 5.29. The Balaban J connectivity index is 1.58. The summed E-state index contributed by atoms with van der Waals surface area (Å²) in [5.74, 6) is 1.75. The molecule has 4 rings (SSSR count). The lowest BCUT2D eigenvalue weighted by atomic mass is 10.2. The average Bonchev–Trinajstić information content (AvgIpc) is 3.21. The highest BCUT2D eigenvalue weighted by molar-refractivity contribution is 6.30. The molecule has 0 aliphatic heterocycles. The third-order valence-corrected chi connectivity index (χ3v) is 4.78. The molecule has 132 valence electrons. The fourth-order valence-electron chi connectivity index (χ4n) is 3.01. The summed E-state index contributed by atoms with van der Waals surface area (Å²) in [5.41, 5.74) is 2.56. The molecule has 2 amide bonds. The molecule has 5 nitrogen and oxygen atoms in total. The third-order valence-electron chi connectivity index (χ3n) is 4.54. The number of urea groups is 1. The number of nitrogens with one attached hydrogen (secondary N) is 2. The van der Waals surface area contributed by atoms with E-state index in [4.69, 9.17) is 16.7 Å². The van der Waals surface area contributed by atoms with Gasteiger partial charge in [-0.15, -0.1) is 0 Å². The van der Waals surface area contributed by atoms with Crippen molar-refractivity contribution in [2.45, 2.75) is 19.3 Å². The first kappa shape index (κ1) is 16.7. The molecule has 0 spiro atoms. The summed E-state index contributed by atoms with van der Waals surface area (Å²) in [5, 5.41) is 11.0. The zero-order valence-corrected chi connectivity index (χ0v) is 15.1. The van der Waals surface area contributed by atoms with Crippen molar-refractivity contribution in [2.75, 3.05) is 10.6 Å². The van der Waals surface area contributed by atoms with Crippen LogP contribution in [0.5, 0.6) is 0 Å². The number of benzene rings is 2. The minimum absolute atomic E-state index is 0.334. The van der Waals surface area contributed by atoms with Crippen LogP contribution in [0.25, 0.3) is 5.69 Å². The lowest BCUT2D eigenvalue weighted by molar-refractivity contribution is 0.262. The van der Waals surface area contributed by atoms with E-state index in [9.17, 15) is 4.79 Å². The summed E-state index contributed by atoms with van der Waals surface area (Å²) in [6.45, 7) is 2.21. The normalized spacial score (nSPS) is 18.4. The van der Waals surface area contributed by atoms with Crippen molar-refractivity contribution in [3.05, 3.63) is 71.4 Å². The number of carbonyl (C=O) groups is 1. The topological polar surface area (TPSA) is 59.0 Å². The second kappa shape index (κ2) is 6.84. The summed E-state index contributed by atoms with van der Waals surface area (Å²) in [7, 11) is 0. The number of aromatic nitrogens is 2.